The average molecular weight is 1060 g/mol. The highest BCUT2D eigenvalue weighted by molar-refractivity contribution is 5.92. The largest absolute Gasteiger partial charge is 0.465 e. The van der Waals surface area contributed by atoms with Gasteiger partial charge in [0.1, 0.15) is 91.2 Å². The van der Waals surface area contributed by atoms with Crippen LogP contribution in [0.3, 0.4) is 0 Å². The third-order valence-corrected chi connectivity index (χ3v) is 18.9. The lowest BCUT2D eigenvalue weighted by Gasteiger charge is -2.67. The number of fused-ring (bicyclic) bond motifs is 3. The Morgan fingerprint density at radius 1 is 0.649 bits per heavy atom. The van der Waals surface area contributed by atoms with Gasteiger partial charge in [-0.3, -0.25) is 14.4 Å². The van der Waals surface area contributed by atoms with Crippen LogP contribution in [-0.2, 0) is 66.5 Å². The molecule has 10 N–H and O–H groups in total. The fraction of sp³-hybridized carbons (Fsp3) is 0.940. The number of hydrogen-bond acceptors (Lipinski definition) is 24. The van der Waals surface area contributed by atoms with Gasteiger partial charge in [0.15, 0.2) is 25.2 Å². The van der Waals surface area contributed by atoms with Gasteiger partial charge in [0.05, 0.1) is 51.2 Å². The van der Waals surface area contributed by atoms with Crippen molar-refractivity contribution in [3.05, 3.63) is 0 Å². The van der Waals surface area contributed by atoms with Crippen LogP contribution >= 0.6 is 0 Å². The molecule has 1 spiro atoms. The Balaban J connectivity index is 0.812. The van der Waals surface area contributed by atoms with Crippen LogP contribution in [0.2, 0.25) is 0 Å². The van der Waals surface area contributed by atoms with Crippen LogP contribution in [-0.4, -0.2) is 231 Å². The van der Waals surface area contributed by atoms with E-state index in [-0.39, 0.29) is 41.5 Å². The SMILES string of the molecule is CO[C@@H]1C[C@H](O[C@H]2CC[C@@]3(C)[C@@H](CC[C@]45CC[C@H]([C@H]6COC(=O)C6)[C@@](C)(CC[C@@H]43)C5=O)[C@H]2OC(C)=O)O[C@@H](C)[C@@H]1O[C@@H]1O[C@H](CO[C@@H]2O[C@H](CO[C@@H]3O[C@H](CO)[C@@H](O)[C@H](O)[C@H]3O)[C@@H](O)[C@H](O)[C@H]2O)[C@@H](O)[C@H](O)[C@H]1O. The van der Waals surface area contributed by atoms with E-state index in [1.165, 1.54) is 14.0 Å². The van der Waals surface area contributed by atoms with Crippen molar-refractivity contribution >= 4 is 17.7 Å². The summed E-state index contributed by atoms with van der Waals surface area (Å²) in [4.78, 5) is 39.9. The molecule has 4 aliphatic carbocycles. The monoisotopic (exact) mass is 1060 g/mol. The van der Waals surface area contributed by atoms with E-state index in [0.717, 1.165) is 32.1 Å². The highest BCUT2D eigenvalue weighted by Gasteiger charge is 2.70. The Morgan fingerprint density at radius 3 is 1.78 bits per heavy atom. The number of cyclic esters (lactones) is 1. The summed E-state index contributed by atoms with van der Waals surface area (Å²) in [5.74, 6) is -0.181. The lowest BCUT2D eigenvalue weighted by atomic mass is 9.36. The Kier molecular flexibility index (Phi) is 17.0. The summed E-state index contributed by atoms with van der Waals surface area (Å²) in [5.41, 5.74) is -1.34. The van der Waals surface area contributed by atoms with Crippen LogP contribution < -0.4 is 0 Å². The summed E-state index contributed by atoms with van der Waals surface area (Å²) in [6.07, 6.45) is -23.3. The van der Waals surface area contributed by atoms with Crippen LogP contribution in [0.25, 0.3) is 0 Å². The van der Waals surface area contributed by atoms with E-state index in [1.807, 2.05) is 0 Å². The Bertz CT molecular complexity index is 1980. The number of carbonyl (C=O) groups excluding carboxylic acids is 3. The summed E-state index contributed by atoms with van der Waals surface area (Å²) in [5, 5.41) is 105. The molecule has 422 valence electrons. The average Bonchev–Trinajstić information content (AvgIpc) is 3.80. The second-order valence-corrected chi connectivity index (χ2v) is 23.0. The maximum Gasteiger partial charge on any atom is 0.306 e. The van der Waals surface area contributed by atoms with E-state index in [2.05, 4.69) is 13.8 Å². The third kappa shape index (κ3) is 10.1. The molecule has 74 heavy (non-hydrogen) atoms. The molecule has 0 amide bonds. The van der Waals surface area contributed by atoms with Gasteiger partial charge in [0, 0.05) is 43.1 Å². The highest BCUT2D eigenvalue weighted by Crippen LogP contribution is 2.70. The number of aliphatic hydroxyl groups excluding tert-OH is 10. The molecule has 5 heterocycles. The second-order valence-electron chi connectivity index (χ2n) is 23.0. The number of hydrogen-bond donors (Lipinski definition) is 10. The quantitative estimate of drug-likeness (QED) is 0.0632. The lowest BCUT2D eigenvalue weighted by molar-refractivity contribution is -0.358. The fourth-order valence-electron chi connectivity index (χ4n) is 14.9. The number of aliphatic hydroxyl groups is 10. The molecule has 9 fully saturated rings. The number of ketones is 1. The third-order valence-electron chi connectivity index (χ3n) is 18.9. The number of methoxy groups -OCH3 is 1. The van der Waals surface area contributed by atoms with E-state index in [0.29, 0.717) is 38.1 Å². The maximum absolute atomic E-state index is 14.9. The number of esters is 2. The number of rotatable bonds is 14. The molecular formula is C50H78O24. The van der Waals surface area contributed by atoms with Gasteiger partial charge in [0.2, 0.25) is 0 Å². The van der Waals surface area contributed by atoms with E-state index < -0.39 is 166 Å². The van der Waals surface area contributed by atoms with E-state index in [4.69, 9.17) is 52.1 Å². The summed E-state index contributed by atoms with van der Waals surface area (Å²) < 4.78 is 65.0. The zero-order chi connectivity index (χ0) is 53.3. The number of ether oxygens (including phenoxy) is 11. The fourth-order valence-corrected chi connectivity index (χ4v) is 14.9. The van der Waals surface area contributed by atoms with Gasteiger partial charge in [-0.15, -0.1) is 0 Å². The molecule has 24 nitrogen and oxygen atoms in total. The van der Waals surface area contributed by atoms with Gasteiger partial charge >= 0.3 is 11.9 Å². The smallest absolute Gasteiger partial charge is 0.306 e. The summed E-state index contributed by atoms with van der Waals surface area (Å²) in [7, 11) is 1.46. The summed E-state index contributed by atoms with van der Waals surface area (Å²) in [6.45, 7) is 5.85. The van der Waals surface area contributed by atoms with Crippen molar-refractivity contribution in [1.29, 1.82) is 0 Å². The minimum atomic E-state index is -1.87. The van der Waals surface area contributed by atoms with Crippen LogP contribution in [0.15, 0.2) is 0 Å². The van der Waals surface area contributed by atoms with Gasteiger partial charge in [-0.1, -0.05) is 13.8 Å². The van der Waals surface area contributed by atoms with Crippen molar-refractivity contribution in [2.45, 2.75) is 221 Å². The topological polar surface area (TPSA) is 355 Å². The van der Waals surface area contributed by atoms with Crippen molar-refractivity contribution in [3.8, 4) is 0 Å². The molecule has 0 aromatic carbocycles. The van der Waals surface area contributed by atoms with E-state index >= 15 is 0 Å². The van der Waals surface area contributed by atoms with Gasteiger partial charge in [0.25, 0.3) is 0 Å². The molecule has 4 saturated carbocycles. The molecule has 5 aliphatic heterocycles. The number of Topliss-reactive ketones (excluding diaryl/α,β-unsaturated/α-hetero) is 1. The zero-order valence-electron chi connectivity index (χ0n) is 42.5. The first-order valence-corrected chi connectivity index (χ1v) is 26.4. The predicted octanol–water partition coefficient (Wildman–Crippen LogP) is -2.56. The van der Waals surface area contributed by atoms with E-state index in [1.54, 1.807) is 6.92 Å². The second kappa shape index (κ2) is 22.2. The predicted molar refractivity (Wildman–Crippen MR) is 244 cm³/mol. The van der Waals surface area contributed by atoms with Gasteiger partial charge < -0.3 is 103 Å². The first-order valence-electron chi connectivity index (χ1n) is 26.4. The van der Waals surface area contributed by atoms with Crippen LogP contribution in [0.5, 0.6) is 0 Å². The molecule has 0 radical (unpaired) electrons. The van der Waals surface area contributed by atoms with Crippen molar-refractivity contribution < 1.29 is 118 Å². The molecule has 24 heteroatoms. The molecule has 9 rings (SSSR count). The zero-order valence-corrected chi connectivity index (χ0v) is 42.5. The molecule has 5 saturated heterocycles. The first kappa shape index (κ1) is 56.6. The van der Waals surface area contributed by atoms with Gasteiger partial charge in [-0.05, 0) is 75.5 Å². The van der Waals surface area contributed by atoms with Crippen LogP contribution in [0, 0.1) is 39.9 Å². The van der Waals surface area contributed by atoms with Gasteiger partial charge in [-0.25, -0.2) is 0 Å². The maximum atomic E-state index is 14.9. The Labute approximate surface area is 428 Å². The molecule has 28 atom stereocenters. The van der Waals surface area contributed by atoms with Crippen molar-refractivity contribution in [3.63, 3.8) is 0 Å². The number of carbonyl (C=O) groups is 3. The molecule has 0 aromatic heterocycles. The Morgan fingerprint density at radius 2 is 1.22 bits per heavy atom. The molecule has 0 aromatic rings. The summed E-state index contributed by atoms with van der Waals surface area (Å²) >= 11 is 0. The summed E-state index contributed by atoms with van der Waals surface area (Å²) in [6, 6.07) is 0. The molecule has 2 bridgehead atoms. The minimum absolute atomic E-state index is 0.0497. The molecule has 0 unspecified atom stereocenters. The van der Waals surface area contributed by atoms with Crippen LogP contribution in [0.4, 0.5) is 0 Å². The van der Waals surface area contributed by atoms with Crippen molar-refractivity contribution in [2.24, 2.45) is 39.9 Å². The van der Waals surface area contributed by atoms with E-state index in [9.17, 15) is 65.4 Å². The standard InChI is InChI=1S/C50H78O24/c1-20-42(74-46-41(62)38(59)35(56)29(73-46)19-67-45-40(61)37(58)34(55)28(72-45)18-66-44-39(60)36(57)33(54)27(16-51)71-44)26(64-5)15-32(68-20)70-25-8-10-48(3)24(43(25)69-21(2)52)7-13-50-12-6-23(22-14-31(53)65-17-22)49(4,47(50)63)11-9-30(48)50/h20,22-30,32-46,51,54-62H,6-19H2,1-5H3/t20-,22+,23+,24-,25-,26+,27+,28+,29+,30+,32-,33+,34+,35+,36-,37-,38-,39+,40+,41+,42-,43+,44+,45+,46-,48-,49+,50+/m0/s1. The van der Waals surface area contributed by atoms with Crippen LogP contribution in [0.1, 0.15) is 91.9 Å². The van der Waals surface area contributed by atoms with Gasteiger partial charge in [-0.2, -0.15) is 0 Å². The van der Waals surface area contributed by atoms with Crippen molar-refractivity contribution in [1.82, 2.24) is 0 Å². The lowest BCUT2D eigenvalue weighted by Crippen LogP contribution is -2.67. The van der Waals surface area contributed by atoms with Crippen molar-refractivity contribution in [2.75, 3.05) is 33.5 Å². The minimum Gasteiger partial charge on any atom is -0.465 e. The normalized spacial score (nSPS) is 52.7. The highest BCUT2D eigenvalue weighted by atomic mass is 16.8. The molecule has 9 aliphatic rings. The Hall–Kier alpha value is -2.15. The first-order chi connectivity index (χ1) is 35.1. The molecular weight excluding hydrogens is 985 g/mol.